The second-order valence-corrected chi connectivity index (χ2v) is 6.96. The molecule has 3 aromatic heterocycles. The molecule has 0 saturated carbocycles. The molecule has 0 bridgehead atoms. The van der Waals surface area contributed by atoms with E-state index in [4.69, 9.17) is 11.6 Å². The van der Waals surface area contributed by atoms with Crippen molar-refractivity contribution in [1.82, 2.24) is 24.8 Å². The number of carbonyl (C=O) groups excluding carboxylic acids is 1. The van der Waals surface area contributed by atoms with Gasteiger partial charge in [0.2, 0.25) is 11.7 Å². The van der Waals surface area contributed by atoms with Gasteiger partial charge < -0.3 is 5.32 Å². The molecule has 0 radical (unpaired) electrons. The molecule has 27 heavy (non-hydrogen) atoms. The summed E-state index contributed by atoms with van der Waals surface area (Å²) in [5.41, 5.74) is 1.95. The maximum atomic E-state index is 12.2. The molecule has 0 saturated heterocycles. The van der Waals surface area contributed by atoms with Crippen LogP contribution in [-0.4, -0.2) is 36.5 Å². The third-order valence-electron chi connectivity index (χ3n) is 3.59. The minimum atomic E-state index is -0.141. The Hall–Kier alpha value is -2.97. The van der Waals surface area contributed by atoms with Gasteiger partial charge in [0.1, 0.15) is 10.7 Å². The monoisotopic (exact) mass is 396 g/mol. The lowest BCUT2D eigenvalue weighted by Gasteiger charge is -2.05. The number of halogens is 1. The highest BCUT2D eigenvalue weighted by Gasteiger charge is 2.12. The van der Waals surface area contributed by atoms with Gasteiger partial charge >= 0.3 is 0 Å². The van der Waals surface area contributed by atoms with Gasteiger partial charge in [0.25, 0.3) is 0 Å². The van der Waals surface area contributed by atoms with Gasteiger partial charge in [-0.25, -0.2) is 0 Å². The summed E-state index contributed by atoms with van der Waals surface area (Å²) in [7, 11) is 0. The van der Waals surface area contributed by atoms with Gasteiger partial charge in [-0.15, -0.1) is 10.2 Å². The molecular weight excluding hydrogens is 384 g/mol. The van der Waals surface area contributed by atoms with Crippen molar-refractivity contribution in [3.05, 3.63) is 65.8 Å². The first-order valence-electron chi connectivity index (χ1n) is 8.01. The number of hydrogen-bond acceptors (Lipinski definition) is 6. The van der Waals surface area contributed by atoms with Crippen LogP contribution in [-0.2, 0) is 4.79 Å². The standard InChI is InChI=1S/C18H13ClN6OS/c19-12-4-3-5-13(10-12)21-16(26)11-27-17-8-7-15-22-23-18(25(15)24-17)14-6-1-2-9-20-14/h1-10H,11H2,(H,21,26). The molecule has 0 aliphatic heterocycles. The lowest BCUT2D eigenvalue weighted by molar-refractivity contribution is -0.113. The number of nitrogens with zero attached hydrogens (tertiary/aromatic N) is 5. The number of nitrogens with one attached hydrogen (secondary N) is 1. The zero-order valence-electron chi connectivity index (χ0n) is 13.9. The summed E-state index contributed by atoms with van der Waals surface area (Å²) >= 11 is 7.25. The van der Waals surface area contributed by atoms with E-state index in [-0.39, 0.29) is 11.7 Å². The Kier molecular flexibility index (Phi) is 4.99. The van der Waals surface area contributed by atoms with Crippen molar-refractivity contribution in [2.24, 2.45) is 0 Å². The molecule has 0 aliphatic rings. The number of pyridine rings is 1. The zero-order valence-corrected chi connectivity index (χ0v) is 15.5. The number of thioether (sulfide) groups is 1. The van der Waals surface area contributed by atoms with Crippen molar-refractivity contribution in [3.63, 3.8) is 0 Å². The molecule has 4 rings (SSSR count). The van der Waals surface area contributed by atoms with Crippen molar-refractivity contribution in [3.8, 4) is 11.5 Å². The second-order valence-electron chi connectivity index (χ2n) is 5.53. The maximum absolute atomic E-state index is 12.2. The van der Waals surface area contributed by atoms with E-state index in [0.717, 1.165) is 0 Å². The lowest BCUT2D eigenvalue weighted by Crippen LogP contribution is -2.14. The van der Waals surface area contributed by atoms with Gasteiger partial charge in [0.05, 0.1) is 5.75 Å². The minimum absolute atomic E-state index is 0.141. The summed E-state index contributed by atoms with van der Waals surface area (Å²) in [5.74, 6) is 0.626. The smallest absolute Gasteiger partial charge is 0.234 e. The van der Waals surface area contributed by atoms with Crippen LogP contribution in [0.3, 0.4) is 0 Å². The Labute approximate surface area is 163 Å². The molecule has 0 aliphatic carbocycles. The number of rotatable bonds is 5. The van der Waals surface area contributed by atoms with Crippen LogP contribution in [0.5, 0.6) is 0 Å². The predicted octanol–water partition coefficient (Wildman–Crippen LogP) is 3.57. The predicted molar refractivity (Wildman–Crippen MR) is 105 cm³/mol. The van der Waals surface area contributed by atoms with Gasteiger partial charge in [-0.3, -0.25) is 9.78 Å². The summed E-state index contributed by atoms with van der Waals surface area (Å²) in [6.07, 6.45) is 1.69. The third-order valence-corrected chi connectivity index (χ3v) is 4.75. The number of hydrogen-bond donors (Lipinski definition) is 1. The Balaban J connectivity index is 1.48. The molecule has 134 valence electrons. The lowest BCUT2D eigenvalue weighted by atomic mass is 10.3. The highest BCUT2D eigenvalue weighted by Crippen LogP contribution is 2.20. The Morgan fingerprint density at radius 2 is 2.04 bits per heavy atom. The van der Waals surface area contributed by atoms with Crippen LogP contribution < -0.4 is 5.32 Å². The Morgan fingerprint density at radius 1 is 1.11 bits per heavy atom. The van der Waals surface area contributed by atoms with E-state index in [1.807, 2.05) is 30.3 Å². The maximum Gasteiger partial charge on any atom is 0.234 e. The minimum Gasteiger partial charge on any atom is -0.325 e. The summed E-state index contributed by atoms with van der Waals surface area (Å²) in [5, 5.41) is 16.8. The van der Waals surface area contributed by atoms with Crippen LogP contribution >= 0.6 is 23.4 Å². The molecule has 0 unspecified atom stereocenters. The number of benzene rings is 1. The van der Waals surface area contributed by atoms with Gasteiger partial charge in [-0.1, -0.05) is 35.5 Å². The number of anilines is 1. The Morgan fingerprint density at radius 3 is 2.85 bits per heavy atom. The molecule has 7 nitrogen and oxygen atoms in total. The van der Waals surface area contributed by atoms with Gasteiger partial charge in [0, 0.05) is 16.9 Å². The summed E-state index contributed by atoms with van der Waals surface area (Å²) in [6.45, 7) is 0. The number of amides is 1. The first-order chi connectivity index (χ1) is 13.2. The fraction of sp³-hybridized carbons (Fsp3) is 0.0556. The Bertz CT molecular complexity index is 1100. The molecule has 0 spiro atoms. The van der Waals surface area contributed by atoms with Crippen LogP contribution in [0.2, 0.25) is 5.02 Å². The summed E-state index contributed by atoms with van der Waals surface area (Å²) in [6, 6.07) is 16.2. The highest BCUT2D eigenvalue weighted by atomic mass is 35.5. The topological polar surface area (TPSA) is 85.1 Å². The summed E-state index contributed by atoms with van der Waals surface area (Å²) < 4.78 is 1.62. The van der Waals surface area contributed by atoms with E-state index < -0.39 is 0 Å². The first-order valence-corrected chi connectivity index (χ1v) is 9.37. The van der Waals surface area contributed by atoms with Gasteiger partial charge in [-0.2, -0.15) is 9.61 Å². The molecule has 9 heteroatoms. The SMILES string of the molecule is O=C(CSc1ccc2nnc(-c3ccccn3)n2n1)Nc1cccc(Cl)c1. The molecule has 0 atom stereocenters. The second kappa shape index (κ2) is 7.73. The number of fused-ring (bicyclic) bond motifs is 1. The van der Waals surface area contributed by atoms with Crippen LogP contribution in [0, 0.1) is 0 Å². The molecule has 1 amide bonds. The van der Waals surface area contributed by atoms with Gasteiger partial charge in [-0.05, 0) is 42.5 Å². The first kappa shape index (κ1) is 17.4. The zero-order chi connectivity index (χ0) is 18.6. The quantitative estimate of drug-likeness (QED) is 0.519. The molecule has 3 heterocycles. The van der Waals surface area contributed by atoms with E-state index in [2.05, 4.69) is 25.6 Å². The van der Waals surface area contributed by atoms with E-state index in [1.165, 1.54) is 11.8 Å². The largest absolute Gasteiger partial charge is 0.325 e. The summed E-state index contributed by atoms with van der Waals surface area (Å²) in [4.78, 5) is 16.4. The van der Waals surface area contributed by atoms with E-state index in [0.29, 0.717) is 32.9 Å². The van der Waals surface area contributed by atoms with Crippen molar-refractivity contribution >= 4 is 40.6 Å². The number of carbonyl (C=O) groups is 1. The normalized spacial score (nSPS) is 10.9. The van der Waals surface area contributed by atoms with Crippen LogP contribution in [0.15, 0.2) is 65.8 Å². The average molecular weight is 397 g/mol. The fourth-order valence-corrected chi connectivity index (χ4v) is 3.25. The van der Waals surface area contributed by atoms with Crippen molar-refractivity contribution in [1.29, 1.82) is 0 Å². The van der Waals surface area contributed by atoms with Gasteiger partial charge in [0.15, 0.2) is 5.65 Å². The molecule has 4 aromatic rings. The van der Waals surface area contributed by atoms with Crippen LogP contribution in [0.25, 0.3) is 17.2 Å². The molecule has 1 aromatic carbocycles. The van der Waals surface area contributed by atoms with E-state index >= 15 is 0 Å². The number of aromatic nitrogens is 5. The van der Waals surface area contributed by atoms with E-state index in [1.54, 1.807) is 35.0 Å². The van der Waals surface area contributed by atoms with Crippen molar-refractivity contribution in [2.45, 2.75) is 5.03 Å². The molecule has 1 N–H and O–H groups in total. The average Bonchev–Trinajstić information content (AvgIpc) is 3.10. The third kappa shape index (κ3) is 4.07. The van der Waals surface area contributed by atoms with Crippen LogP contribution in [0.4, 0.5) is 5.69 Å². The van der Waals surface area contributed by atoms with Crippen molar-refractivity contribution in [2.75, 3.05) is 11.1 Å². The molecular formula is C18H13ClN6OS. The van der Waals surface area contributed by atoms with Crippen molar-refractivity contribution < 1.29 is 4.79 Å². The molecule has 0 fully saturated rings. The highest BCUT2D eigenvalue weighted by molar-refractivity contribution is 7.99. The van der Waals surface area contributed by atoms with Crippen LogP contribution in [0.1, 0.15) is 0 Å². The van der Waals surface area contributed by atoms with E-state index in [9.17, 15) is 4.79 Å². The fourth-order valence-electron chi connectivity index (χ4n) is 2.41.